The smallest absolute Gasteiger partial charge is 0.434 e. The van der Waals surface area contributed by atoms with Crippen LogP contribution in [-0.4, -0.2) is 28.1 Å². The number of nitrogens with zero attached hydrogens (tertiary/aromatic N) is 1. The maximum atomic E-state index is 13.3. The number of thiazole rings is 1. The van der Waals surface area contributed by atoms with Crippen LogP contribution in [0.4, 0.5) is 17.6 Å². The molecular weight excluding hydrogens is 430 g/mol. The minimum Gasteiger partial charge on any atom is -0.434 e. The van der Waals surface area contributed by atoms with Gasteiger partial charge >= 0.3 is 12.9 Å². The summed E-state index contributed by atoms with van der Waals surface area (Å²) in [7, 11) is 0. The highest BCUT2D eigenvalue weighted by Gasteiger charge is 2.43. The maximum absolute atomic E-state index is 13.3. The van der Waals surface area contributed by atoms with Gasteiger partial charge in [0.15, 0.2) is 11.5 Å². The number of hydrogen-bond donors (Lipinski definition) is 2. The zero-order valence-electron chi connectivity index (χ0n) is 14.9. The van der Waals surface area contributed by atoms with E-state index in [1.807, 2.05) is 0 Å². The molecule has 1 atom stereocenters. The van der Waals surface area contributed by atoms with Crippen molar-refractivity contribution in [1.29, 1.82) is 0 Å². The first-order valence-electron chi connectivity index (χ1n) is 8.48. The van der Waals surface area contributed by atoms with E-state index in [4.69, 9.17) is 5.11 Å². The van der Waals surface area contributed by atoms with Gasteiger partial charge in [0, 0.05) is 11.8 Å². The van der Waals surface area contributed by atoms with E-state index in [0.717, 1.165) is 11.3 Å². The summed E-state index contributed by atoms with van der Waals surface area (Å²) in [5, 5.41) is 20.2. The topological polar surface area (TPSA) is 81.0 Å². The Bertz CT molecular complexity index is 1070. The molecule has 1 aliphatic rings. The molecule has 0 saturated heterocycles. The number of aromatic nitrogens is 1. The molecule has 0 saturated carbocycles. The monoisotopic (exact) mass is 443 g/mol. The molecule has 2 N–H and O–H groups in total. The fourth-order valence-electron chi connectivity index (χ4n) is 2.95. The molecule has 0 unspecified atom stereocenters. The third-order valence-corrected chi connectivity index (χ3v) is 5.26. The second-order valence-corrected chi connectivity index (χ2v) is 7.33. The van der Waals surface area contributed by atoms with E-state index >= 15 is 0 Å². The van der Waals surface area contributed by atoms with Crippen LogP contribution in [0, 0.1) is 0 Å². The summed E-state index contributed by atoms with van der Waals surface area (Å²) >= 11 is 1.09. The Kier molecular flexibility index (Phi) is 5.26. The van der Waals surface area contributed by atoms with Crippen molar-refractivity contribution < 1.29 is 42.0 Å². The standard InChI is InChI=1S/C19H13F4NO5S/c20-18(21)27-12-3-2-10(17(26)15-7-24-16(8-25)30-15)5-11(12)9-1-4-13-14(6-9)29-19(22,23)28-13/h1-7,17-18,25-26H,8H2/t17-/m1/s1. The Morgan fingerprint density at radius 1 is 1.10 bits per heavy atom. The van der Waals surface area contributed by atoms with Crippen LogP contribution >= 0.6 is 11.3 Å². The van der Waals surface area contributed by atoms with Crippen LogP contribution in [0.15, 0.2) is 42.6 Å². The third-order valence-electron chi connectivity index (χ3n) is 4.22. The Balaban J connectivity index is 1.74. The molecule has 2 heterocycles. The van der Waals surface area contributed by atoms with E-state index in [9.17, 15) is 22.7 Å². The van der Waals surface area contributed by atoms with Gasteiger partial charge in [0.1, 0.15) is 16.9 Å². The summed E-state index contributed by atoms with van der Waals surface area (Å²) in [6.45, 7) is -3.41. The number of benzene rings is 2. The minimum atomic E-state index is -3.82. The molecule has 0 spiro atoms. The molecule has 6 nitrogen and oxygen atoms in total. The first kappa shape index (κ1) is 20.4. The quantitative estimate of drug-likeness (QED) is 0.553. The van der Waals surface area contributed by atoms with Crippen LogP contribution in [0.1, 0.15) is 21.6 Å². The SMILES string of the molecule is OCc1ncc([C@H](O)c2ccc(OC(F)F)c(-c3ccc4c(c3)OC(F)(F)O4)c2)s1. The van der Waals surface area contributed by atoms with Crippen molar-refractivity contribution in [3.05, 3.63) is 58.0 Å². The Labute approximate surface area is 170 Å². The molecule has 0 aliphatic carbocycles. The van der Waals surface area contributed by atoms with Crippen LogP contribution in [0.25, 0.3) is 11.1 Å². The lowest BCUT2D eigenvalue weighted by Crippen LogP contribution is -2.25. The number of fused-ring (bicyclic) bond motifs is 1. The van der Waals surface area contributed by atoms with Crippen molar-refractivity contribution in [1.82, 2.24) is 4.98 Å². The van der Waals surface area contributed by atoms with Gasteiger partial charge in [-0.25, -0.2) is 4.98 Å². The van der Waals surface area contributed by atoms with Crippen molar-refractivity contribution >= 4 is 11.3 Å². The Hall–Kier alpha value is -2.89. The van der Waals surface area contributed by atoms with Crippen molar-refractivity contribution in [2.45, 2.75) is 25.6 Å². The van der Waals surface area contributed by atoms with Crippen LogP contribution in [-0.2, 0) is 6.61 Å². The molecule has 0 radical (unpaired) electrons. The van der Waals surface area contributed by atoms with E-state index in [0.29, 0.717) is 15.4 Å². The van der Waals surface area contributed by atoms with Gasteiger partial charge < -0.3 is 24.4 Å². The first-order valence-corrected chi connectivity index (χ1v) is 9.30. The Morgan fingerprint density at radius 3 is 2.57 bits per heavy atom. The first-order chi connectivity index (χ1) is 14.3. The number of rotatable bonds is 6. The van der Waals surface area contributed by atoms with Crippen LogP contribution in [0.5, 0.6) is 17.2 Å². The minimum absolute atomic E-state index is 0.125. The lowest BCUT2D eigenvalue weighted by atomic mass is 9.98. The highest BCUT2D eigenvalue weighted by Crippen LogP contribution is 2.45. The van der Waals surface area contributed by atoms with Gasteiger partial charge in [-0.3, -0.25) is 0 Å². The normalized spacial score (nSPS) is 15.4. The molecule has 158 valence electrons. The molecular formula is C19H13F4NO5S. The second kappa shape index (κ2) is 7.74. The summed E-state index contributed by atoms with van der Waals surface area (Å²) in [5.74, 6) is -0.675. The van der Waals surface area contributed by atoms with E-state index in [1.54, 1.807) is 0 Å². The Morgan fingerprint density at radius 2 is 1.87 bits per heavy atom. The van der Waals surface area contributed by atoms with Gasteiger partial charge in [0.05, 0.1) is 11.5 Å². The zero-order chi connectivity index (χ0) is 21.5. The third kappa shape index (κ3) is 4.04. The van der Waals surface area contributed by atoms with Crippen molar-refractivity contribution in [2.24, 2.45) is 0 Å². The fraction of sp³-hybridized carbons (Fsp3) is 0.211. The molecule has 3 aromatic rings. The lowest BCUT2D eigenvalue weighted by Gasteiger charge is -2.15. The van der Waals surface area contributed by atoms with E-state index in [1.165, 1.54) is 42.6 Å². The van der Waals surface area contributed by atoms with Gasteiger partial charge in [0.2, 0.25) is 0 Å². The van der Waals surface area contributed by atoms with Gasteiger partial charge in [-0.15, -0.1) is 20.1 Å². The molecule has 30 heavy (non-hydrogen) atoms. The molecule has 4 rings (SSSR count). The summed E-state index contributed by atoms with van der Waals surface area (Å²) in [4.78, 5) is 4.38. The number of aliphatic hydroxyl groups excluding tert-OH is 2. The summed E-state index contributed by atoms with van der Waals surface area (Å²) < 4.78 is 65.6. The van der Waals surface area contributed by atoms with E-state index < -0.39 is 19.0 Å². The number of halogens is 4. The number of alkyl halides is 4. The van der Waals surface area contributed by atoms with E-state index in [-0.39, 0.29) is 35.0 Å². The van der Waals surface area contributed by atoms with Crippen LogP contribution < -0.4 is 14.2 Å². The zero-order valence-corrected chi connectivity index (χ0v) is 15.7. The maximum Gasteiger partial charge on any atom is 0.586 e. The molecule has 11 heteroatoms. The summed E-state index contributed by atoms with van der Waals surface area (Å²) in [6.07, 6.45) is -3.58. The summed E-state index contributed by atoms with van der Waals surface area (Å²) in [6, 6.07) is 7.84. The fourth-order valence-corrected chi connectivity index (χ4v) is 3.74. The van der Waals surface area contributed by atoms with Gasteiger partial charge in [-0.2, -0.15) is 8.78 Å². The molecule has 0 bridgehead atoms. The average Bonchev–Trinajstić information content (AvgIpc) is 3.29. The molecule has 1 aromatic heterocycles. The highest BCUT2D eigenvalue weighted by molar-refractivity contribution is 7.11. The molecule has 0 fully saturated rings. The van der Waals surface area contributed by atoms with E-state index in [2.05, 4.69) is 19.2 Å². The number of aliphatic hydroxyl groups is 2. The predicted octanol–water partition coefficient (Wildman–Crippen LogP) is 4.31. The van der Waals surface area contributed by atoms with Crippen LogP contribution in [0.3, 0.4) is 0 Å². The average molecular weight is 443 g/mol. The van der Waals surface area contributed by atoms with Crippen molar-refractivity contribution in [3.8, 4) is 28.4 Å². The second-order valence-electron chi connectivity index (χ2n) is 6.18. The predicted molar refractivity (Wildman–Crippen MR) is 96.8 cm³/mol. The number of ether oxygens (including phenoxy) is 3. The molecule has 2 aromatic carbocycles. The van der Waals surface area contributed by atoms with Crippen molar-refractivity contribution in [2.75, 3.05) is 0 Å². The van der Waals surface area contributed by atoms with Gasteiger partial charge in [0.25, 0.3) is 0 Å². The highest BCUT2D eigenvalue weighted by atomic mass is 32.1. The van der Waals surface area contributed by atoms with Crippen molar-refractivity contribution in [3.63, 3.8) is 0 Å². The van der Waals surface area contributed by atoms with Gasteiger partial charge in [-0.1, -0.05) is 12.1 Å². The summed E-state index contributed by atoms with van der Waals surface area (Å²) in [5.41, 5.74) is 0.684. The largest absolute Gasteiger partial charge is 0.586 e. The lowest BCUT2D eigenvalue weighted by molar-refractivity contribution is -0.286. The molecule has 1 aliphatic heterocycles. The van der Waals surface area contributed by atoms with Gasteiger partial charge in [-0.05, 0) is 35.4 Å². The van der Waals surface area contributed by atoms with Crippen LogP contribution in [0.2, 0.25) is 0 Å². The molecule has 0 amide bonds. The number of hydrogen-bond acceptors (Lipinski definition) is 7.